The molecule has 1 rings (SSSR count). The number of carbonyl (C=O) groups excluding carboxylic acids is 1. The van der Waals surface area contributed by atoms with Gasteiger partial charge >= 0.3 is 0 Å². The highest BCUT2D eigenvalue weighted by atomic mass is 35.5. The van der Waals surface area contributed by atoms with E-state index in [1.165, 1.54) is 0 Å². The van der Waals surface area contributed by atoms with Crippen LogP contribution in [0.2, 0.25) is 5.02 Å². The number of phenolic OH excluding ortho intramolecular Hbond substituents is 1. The molecule has 0 aliphatic heterocycles. The Balaban J connectivity index is 3.31. The Morgan fingerprint density at radius 1 is 1.60 bits per heavy atom. The van der Waals surface area contributed by atoms with Gasteiger partial charge in [-0.2, -0.15) is 0 Å². The summed E-state index contributed by atoms with van der Waals surface area (Å²) in [4.78, 5) is 10.6. The Morgan fingerprint density at radius 2 is 2.20 bits per heavy atom. The molecular formula is C10H10ClFO3. The summed E-state index contributed by atoms with van der Waals surface area (Å²) in [5, 5.41) is 8.77. The fourth-order valence-electron chi connectivity index (χ4n) is 1.07. The minimum Gasteiger partial charge on any atom is -0.506 e. The number of benzene rings is 1. The number of aromatic hydroxyl groups is 1. The van der Waals surface area contributed by atoms with Crippen molar-refractivity contribution in [3.05, 3.63) is 22.5 Å². The van der Waals surface area contributed by atoms with Crippen molar-refractivity contribution in [3.8, 4) is 11.5 Å². The van der Waals surface area contributed by atoms with Gasteiger partial charge in [0.25, 0.3) is 0 Å². The molecule has 0 atom stereocenters. The zero-order valence-electron chi connectivity index (χ0n) is 8.25. The monoisotopic (exact) mass is 232 g/mol. The SMILES string of the molecule is CC(C)Oc1cc(O)c(Cl)c(F)c1C=O. The fraction of sp³-hybridized carbons (Fsp3) is 0.300. The Hall–Kier alpha value is -1.29. The lowest BCUT2D eigenvalue weighted by Gasteiger charge is -2.13. The number of rotatable bonds is 3. The molecule has 0 spiro atoms. The van der Waals surface area contributed by atoms with Crippen LogP contribution in [0.3, 0.4) is 0 Å². The smallest absolute Gasteiger partial charge is 0.159 e. The van der Waals surface area contributed by atoms with Crippen molar-refractivity contribution in [1.29, 1.82) is 0 Å². The zero-order valence-corrected chi connectivity index (χ0v) is 9.01. The van der Waals surface area contributed by atoms with Crippen LogP contribution in [-0.2, 0) is 0 Å². The molecular weight excluding hydrogens is 223 g/mol. The maximum Gasteiger partial charge on any atom is 0.159 e. The first-order valence-electron chi connectivity index (χ1n) is 4.30. The van der Waals surface area contributed by atoms with E-state index in [0.29, 0.717) is 6.29 Å². The third-order valence-corrected chi connectivity index (χ3v) is 2.03. The molecule has 82 valence electrons. The third-order valence-electron chi connectivity index (χ3n) is 1.67. The summed E-state index contributed by atoms with van der Waals surface area (Å²) in [5.74, 6) is -1.43. The summed E-state index contributed by atoms with van der Waals surface area (Å²) in [6.45, 7) is 3.44. The largest absolute Gasteiger partial charge is 0.506 e. The number of ether oxygens (including phenoxy) is 1. The Labute approximate surface area is 91.4 Å². The molecule has 0 saturated heterocycles. The molecule has 1 aromatic rings. The van der Waals surface area contributed by atoms with E-state index in [4.69, 9.17) is 16.3 Å². The van der Waals surface area contributed by atoms with Gasteiger partial charge in [0.2, 0.25) is 0 Å². The third kappa shape index (κ3) is 2.39. The lowest BCUT2D eigenvalue weighted by Crippen LogP contribution is -2.08. The molecule has 0 aliphatic carbocycles. The Morgan fingerprint density at radius 3 is 2.67 bits per heavy atom. The first-order valence-corrected chi connectivity index (χ1v) is 4.68. The van der Waals surface area contributed by atoms with E-state index in [1.807, 2.05) is 0 Å². The van der Waals surface area contributed by atoms with Crippen molar-refractivity contribution >= 4 is 17.9 Å². The fourth-order valence-corrected chi connectivity index (χ4v) is 1.22. The number of phenols is 1. The molecule has 0 aromatic heterocycles. The zero-order chi connectivity index (χ0) is 11.6. The first-order chi connectivity index (χ1) is 6.97. The molecule has 1 N–H and O–H groups in total. The van der Waals surface area contributed by atoms with Crippen LogP contribution in [-0.4, -0.2) is 17.5 Å². The molecule has 0 fully saturated rings. The highest BCUT2D eigenvalue weighted by Gasteiger charge is 2.17. The average molecular weight is 233 g/mol. The minimum atomic E-state index is -0.970. The summed E-state index contributed by atoms with van der Waals surface area (Å²) in [5.41, 5.74) is -0.286. The quantitative estimate of drug-likeness (QED) is 0.816. The molecule has 0 amide bonds. The van der Waals surface area contributed by atoms with Crippen LogP contribution in [0, 0.1) is 5.82 Å². The highest BCUT2D eigenvalue weighted by molar-refractivity contribution is 6.32. The van der Waals surface area contributed by atoms with Gasteiger partial charge in [-0.1, -0.05) is 11.6 Å². The Bertz CT molecular complexity index is 391. The van der Waals surface area contributed by atoms with E-state index in [9.17, 15) is 14.3 Å². The number of carbonyl (C=O) groups is 1. The molecule has 0 aliphatic rings. The van der Waals surface area contributed by atoms with E-state index >= 15 is 0 Å². The van der Waals surface area contributed by atoms with Crippen LogP contribution in [0.1, 0.15) is 24.2 Å². The minimum absolute atomic E-state index is 0.0144. The van der Waals surface area contributed by atoms with Crippen LogP contribution >= 0.6 is 11.6 Å². The number of hydrogen-bond acceptors (Lipinski definition) is 3. The van der Waals surface area contributed by atoms with E-state index in [1.54, 1.807) is 13.8 Å². The Kier molecular flexibility index (Phi) is 3.52. The molecule has 0 bridgehead atoms. The van der Waals surface area contributed by atoms with Crippen molar-refractivity contribution in [2.24, 2.45) is 0 Å². The van der Waals surface area contributed by atoms with Crippen molar-refractivity contribution < 1.29 is 19.0 Å². The van der Waals surface area contributed by atoms with Crippen molar-refractivity contribution in [2.75, 3.05) is 0 Å². The number of halogens is 2. The van der Waals surface area contributed by atoms with E-state index in [-0.39, 0.29) is 17.4 Å². The number of hydrogen-bond donors (Lipinski definition) is 1. The lowest BCUT2D eigenvalue weighted by molar-refractivity contribution is 0.111. The van der Waals surface area contributed by atoms with Crippen LogP contribution in [0.4, 0.5) is 4.39 Å². The van der Waals surface area contributed by atoms with Gasteiger partial charge in [0.05, 0.1) is 11.7 Å². The van der Waals surface area contributed by atoms with Crippen LogP contribution in [0.5, 0.6) is 11.5 Å². The van der Waals surface area contributed by atoms with Crippen molar-refractivity contribution in [3.63, 3.8) is 0 Å². The van der Waals surface area contributed by atoms with Crippen molar-refractivity contribution in [1.82, 2.24) is 0 Å². The van der Waals surface area contributed by atoms with Gasteiger partial charge in [-0.3, -0.25) is 4.79 Å². The maximum absolute atomic E-state index is 13.4. The lowest BCUT2D eigenvalue weighted by atomic mass is 10.2. The molecule has 3 nitrogen and oxygen atoms in total. The predicted octanol–water partition coefficient (Wildman–Crippen LogP) is 2.78. The normalized spacial score (nSPS) is 10.5. The van der Waals surface area contributed by atoms with Crippen LogP contribution < -0.4 is 4.74 Å². The first kappa shape index (κ1) is 11.8. The summed E-state index contributed by atoms with van der Waals surface area (Å²) in [7, 11) is 0. The van der Waals surface area contributed by atoms with Crippen LogP contribution in [0.25, 0.3) is 0 Å². The van der Waals surface area contributed by atoms with Crippen LogP contribution in [0.15, 0.2) is 6.07 Å². The van der Waals surface area contributed by atoms with E-state index in [0.717, 1.165) is 6.07 Å². The van der Waals surface area contributed by atoms with Crippen molar-refractivity contribution in [2.45, 2.75) is 20.0 Å². The molecule has 0 radical (unpaired) electrons. The molecule has 0 heterocycles. The van der Waals surface area contributed by atoms with Gasteiger partial charge in [-0.15, -0.1) is 0 Å². The molecule has 1 aromatic carbocycles. The van der Waals surface area contributed by atoms with E-state index in [2.05, 4.69) is 0 Å². The number of aldehydes is 1. The molecule has 5 heteroatoms. The summed E-state index contributed by atoms with van der Waals surface area (Å²) in [6, 6.07) is 1.12. The van der Waals surface area contributed by atoms with Gasteiger partial charge in [0.1, 0.15) is 16.5 Å². The molecule has 0 saturated carbocycles. The second-order valence-corrected chi connectivity index (χ2v) is 3.60. The predicted molar refractivity (Wildman–Crippen MR) is 54.2 cm³/mol. The highest BCUT2D eigenvalue weighted by Crippen LogP contribution is 2.34. The van der Waals surface area contributed by atoms with Gasteiger partial charge in [0.15, 0.2) is 12.1 Å². The van der Waals surface area contributed by atoms with Gasteiger partial charge < -0.3 is 9.84 Å². The summed E-state index contributed by atoms with van der Waals surface area (Å²) < 4.78 is 18.5. The maximum atomic E-state index is 13.4. The molecule has 0 unspecified atom stereocenters. The topological polar surface area (TPSA) is 46.5 Å². The molecule has 15 heavy (non-hydrogen) atoms. The standard InChI is InChI=1S/C10H10ClFO3/c1-5(2)15-8-3-7(14)9(11)10(12)6(8)4-13/h3-5,14H,1-2H3. The van der Waals surface area contributed by atoms with Gasteiger partial charge in [0, 0.05) is 6.07 Å². The van der Waals surface area contributed by atoms with E-state index < -0.39 is 16.6 Å². The van der Waals surface area contributed by atoms with Gasteiger partial charge in [-0.25, -0.2) is 4.39 Å². The second kappa shape index (κ2) is 4.49. The average Bonchev–Trinajstić information content (AvgIpc) is 2.14. The second-order valence-electron chi connectivity index (χ2n) is 3.22. The summed E-state index contributed by atoms with van der Waals surface area (Å²) in [6.07, 6.45) is 0.0712. The van der Waals surface area contributed by atoms with Gasteiger partial charge in [-0.05, 0) is 13.8 Å². The summed E-state index contributed by atoms with van der Waals surface area (Å²) >= 11 is 5.43.